The second kappa shape index (κ2) is 14.5. The smallest absolute Gasteiger partial charge is 0.255 e. The van der Waals surface area contributed by atoms with E-state index in [1.807, 2.05) is 30.3 Å². The zero-order valence-electron chi connectivity index (χ0n) is 23.0. The Morgan fingerprint density at radius 3 is 2.40 bits per heavy atom. The van der Waals surface area contributed by atoms with Gasteiger partial charge in [-0.15, -0.1) is 0 Å². The third kappa shape index (κ3) is 7.81. The maximum atomic E-state index is 13.8. The minimum Gasteiger partial charge on any atom is -0.491 e. The van der Waals surface area contributed by atoms with E-state index in [-0.39, 0.29) is 30.4 Å². The lowest BCUT2D eigenvalue weighted by atomic mass is 10.0. The molecule has 0 spiro atoms. The van der Waals surface area contributed by atoms with Gasteiger partial charge in [0.15, 0.2) is 0 Å². The predicted molar refractivity (Wildman–Crippen MR) is 149 cm³/mol. The highest BCUT2D eigenvalue weighted by atomic mass is 16.5. The van der Waals surface area contributed by atoms with Crippen LogP contribution in [0.3, 0.4) is 0 Å². The number of ether oxygens (including phenoxy) is 2. The molecule has 2 aliphatic rings. The Morgan fingerprint density at radius 1 is 0.925 bits per heavy atom. The molecular weight excluding hydrogens is 512 g/mol. The van der Waals surface area contributed by atoms with E-state index in [1.54, 1.807) is 34.1 Å². The molecule has 4 rings (SSSR count). The average Bonchev–Trinajstić information content (AvgIpc) is 2.98. The molecule has 214 valence electrons. The van der Waals surface area contributed by atoms with Crippen molar-refractivity contribution in [2.24, 2.45) is 0 Å². The first-order valence-corrected chi connectivity index (χ1v) is 14.0. The Kier molecular flexibility index (Phi) is 10.5. The highest BCUT2D eigenvalue weighted by Gasteiger charge is 2.33. The molecule has 2 aliphatic heterocycles. The van der Waals surface area contributed by atoms with Gasteiger partial charge < -0.3 is 29.9 Å². The molecular formula is C30H38N4O6. The van der Waals surface area contributed by atoms with Gasteiger partial charge in [-0.1, -0.05) is 55.8 Å². The zero-order chi connectivity index (χ0) is 28.3. The molecule has 1 saturated heterocycles. The van der Waals surface area contributed by atoms with Gasteiger partial charge in [0.2, 0.25) is 17.7 Å². The number of morpholine rings is 1. The molecule has 1 fully saturated rings. The van der Waals surface area contributed by atoms with Crippen molar-refractivity contribution in [1.29, 1.82) is 0 Å². The molecule has 2 heterocycles. The number of hydrogen-bond acceptors (Lipinski definition) is 6. The van der Waals surface area contributed by atoms with Crippen LogP contribution >= 0.6 is 0 Å². The van der Waals surface area contributed by atoms with E-state index >= 15 is 0 Å². The van der Waals surface area contributed by atoms with Gasteiger partial charge in [0.1, 0.15) is 24.4 Å². The fraction of sp³-hybridized carbons (Fsp3) is 0.467. The molecule has 2 aromatic rings. The van der Waals surface area contributed by atoms with Crippen molar-refractivity contribution in [3.63, 3.8) is 0 Å². The first-order chi connectivity index (χ1) is 19.5. The van der Waals surface area contributed by atoms with Gasteiger partial charge in [-0.2, -0.15) is 0 Å². The highest BCUT2D eigenvalue weighted by Crippen LogP contribution is 2.19. The van der Waals surface area contributed by atoms with E-state index < -0.39 is 23.9 Å². The summed E-state index contributed by atoms with van der Waals surface area (Å²) in [7, 11) is 0. The number of fused-ring (bicyclic) bond motifs is 1. The first kappa shape index (κ1) is 29.1. The predicted octanol–water partition coefficient (Wildman–Crippen LogP) is 1.78. The van der Waals surface area contributed by atoms with Crippen molar-refractivity contribution in [3.05, 3.63) is 65.7 Å². The fourth-order valence-corrected chi connectivity index (χ4v) is 4.88. The zero-order valence-corrected chi connectivity index (χ0v) is 23.0. The molecule has 2 atom stereocenters. The van der Waals surface area contributed by atoms with Crippen LogP contribution in [0.5, 0.6) is 5.75 Å². The second-order valence-electron chi connectivity index (χ2n) is 10.0. The molecule has 40 heavy (non-hydrogen) atoms. The molecule has 0 aromatic heterocycles. The van der Waals surface area contributed by atoms with Crippen LogP contribution in [0.2, 0.25) is 0 Å². The summed E-state index contributed by atoms with van der Waals surface area (Å²) < 4.78 is 11.4. The van der Waals surface area contributed by atoms with Crippen molar-refractivity contribution in [3.8, 4) is 5.75 Å². The standard InChI is InChI=1S/C30H38N4O6/c1-2-3-13-33-16-19-40-26-12-8-7-11-23(26)28(36)32-25(30(38)34-14-17-39-18-15-34)21-27(35)31-24(29(33)37)20-22-9-5-4-6-10-22/h4-12,24-25H,2-3,13-21H2,1H3,(H,31,35)(H,32,36)/t24-,25-/m0/s1. The number of para-hydroxylation sites is 1. The highest BCUT2D eigenvalue weighted by molar-refractivity contribution is 6.01. The van der Waals surface area contributed by atoms with E-state index in [2.05, 4.69) is 17.6 Å². The third-order valence-corrected chi connectivity index (χ3v) is 7.08. The Balaban J connectivity index is 1.65. The molecule has 0 bridgehead atoms. The van der Waals surface area contributed by atoms with Crippen LogP contribution in [-0.4, -0.2) is 91.5 Å². The van der Waals surface area contributed by atoms with Crippen molar-refractivity contribution in [1.82, 2.24) is 20.4 Å². The molecule has 0 unspecified atom stereocenters. The molecule has 0 radical (unpaired) electrons. The Labute approximate surface area is 235 Å². The second-order valence-corrected chi connectivity index (χ2v) is 10.0. The maximum Gasteiger partial charge on any atom is 0.255 e. The summed E-state index contributed by atoms with van der Waals surface area (Å²) in [4.78, 5) is 57.4. The van der Waals surface area contributed by atoms with Crippen LogP contribution in [-0.2, 0) is 25.5 Å². The van der Waals surface area contributed by atoms with Gasteiger partial charge in [0.25, 0.3) is 5.91 Å². The molecule has 2 N–H and O–H groups in total. The quantitative estimate of drug-likeness (QED) is 0.567. The molecule has 10 heteroatoms. The van der Waals surface area contributed by atoms with Crippen molar-refractivity contribution < 1.29 is 28.7 Å². The largest absolute Gasteiger partial charge is 0.491 e. The number of unbranched alkanes of at least 4 members (excludes halogenated alkanes) is 1. The lowest BCUT2D eigenvalue weighted by Crippen LogP contribution is -2.55. The minimum absolute atomic E-state index is 0.169. The topological polar surface area (TPSA) is 117 Å². The van der Waals surface area contributed by atoms with E-state index in [0.29, 0.717) is 51.6 Å². The van der Waals surface area contributed by atoms with Crippen LogP contribution in [0.1, 0.15) is 42.1 Å². The van der Waals surface area contributed by atoms with Crippen molar-refractivity contribution in [2.75, 3.05) is 46.0 Å². The SMILES string of the molecule is CCCCN1CCOc2ccccc2C(=O)N[C@H](C(=O)N2CCOCC2)CC(=O)N[C@@H](Cc2ccccc2)C1=O. The average molecular weight is 551 g/mol. The van der Waals surface area contributed by atoms with Gasteiger partial charge >= 0.3 is 0 Å². The van der Waals surface area contributed by atoms with Crippen LogP contribution in [0, 0.1) is 0 Å². The lowest BCUT2D eigenvalue weighted by Gasteiger charge is -2.32. The summed E-state index contributed by atoms with van der Waals surface area (Å²) in [5.41, 5.74) is 1.16. The summed E-state index contributed by atoms with van der Waals surface area (Å²) in [6.45, 7) is 4.54. The summed E-state index contributed by atoms with van der Waals surface area (Å²) in [5.74, 6) is -1.22. The summed E-state index contributed by atoms with van der Waals surface area (Å²) in [6, 6.07) is 14.3. The summed E-state index contributed by atoms with van der Waals surface area (Å²) >= 11 is 0. The van der Waals surface area contributed by atoms with Crippen LogP contribution < -0.4 is 15.4 Å². The number of amides is 4. The Bertz CT molecular complexity index is 1170. The Hall–Kier alpha value is -3.92. The minimum atomic E-state index is -1.12. The van der Waals surface area contributed by atoms with E-state index in [4.69, 9.17) is 9.47 Å². The number of carbonyl (C=O) groups excluding carboxylic acids is 4. The van der Waals surface area contributed by atoms with E-state index in [0.717, 1.165) is 18.4 Å². The molecule has 0 aliphatic carbocycles. The normalized spacial score (nSPS) is 21.0. The number of nitrogens with zero attached hydrogens (tertiary/aromatic N) is 2. The van der Waals surface area contributed by atoms with Gasteiger partial charge in [-0.3, -0.25) is 19.2 Å². The summed E-state index contributed by atoms with van der Waals surface area (Å²) in [6.07, 6.45) is 1.69. The number of hydrogen-bond donors (Lipinski definition) is 2. The van der Waals surface area contributed by atoms with Crippen LogP contribution in [0.4, 0.5) is 0 Å². The summed E-state index contributed by atoms with van der Waals surface area (Å²) in [5, 5.41) is 5.64. The molecule has 2 aromatic carbocycles. The van der Waals surface area contributed by atoms with Gasteiger partial charge in [0.05, 0.1) is 31.7 Å². The van der Waals surface area contributed by atoms with Gasteiger partial charge in [-0.05, 0) is 24.1 Å². The number of rotatable bonds is 6. The van der Waals surface area contributed by atoms with Gasteiger partial charge in [0, 0.05) is 26.1 Å². The monoisotopic (exact) mass is 550 g/mol. The lowest BCUT2D eigenvalue weighted by molar-refractivity contribution is -0.140. The third-order valence-electron chi connectivity index (χ3n) is 7.08. The number of nitrogens with one attached hydrogen (secondary N) is 2. The maximum absolute atomic E-state index is 13.8. The van der Waals surface area contributed by atoms with E-state index in [1.165, 1.54) is 0 Å². The Morgan fingerprint density at radius 2 is 1.65 bits per heavy atom. The molecule has 4 amide bonds. The van der Waals surface area contributed by atoms with Gasteiger partial charge in [-0.25, -0.2) is 0 Å². The number of benzene rings is 2. The van der Waals surface area contributed by atoms with Crippen molar-refractivity contribution >= 4 is 23.6 Å². The first-order valence-electron chi connectivity index (χ1n) is 14.0. The van der Waals surface area contributed by atoms with Crippen LogP contribution in [0.15, 0.2) is 54.6 Å². The fourth-order valence-electron chi connectivity index (χ4n) is 4.88. The molecule has 0 saturated carbocycles. The van der Waals surface area contributed by atoms with Crippen molar-refractivity contribution in [2.45, 2.75) is 44.7 Å². The van der Waals surface area contributed by atoms with E-state index in [9.17, 15) is 19.2 Å². The number of carbonyl (C=O) groups is 4. The molecule has 10 nitrogen and oxygen atoms in total. The van der Waals surface area contributed by atoms with Crippen LogP contribution in [0.25, 0.3) is 0 Å².